The first-order valence-electron chi connectivity index (χ1n) is 8.65. The molecule has 2 unspecified atom stereocenters. The number of aliphatic hydroxyl groups is 1. The predicted octanol–water partition coefficient (Wildman–Crippen LogP) is 4.28. The van der Waals surface area contributed by atoms with Crippen molar-refractivity contribution in [2.75, 3.05) is 0 Å². The quantitative estimate of drug-likeness (QED) is 0.662. The zero-order valence-electron chi connectivity index (χ0n) is 15.3. The van der Waals surface area contributed by atoms with Crippen molar-refractivity contribution in [1.82, 2.24) is 0 Å². The molecule has 0 amide bonds. The molecule has 0 saturated carbocycles. The monoisotopic (exact) mass is 402 g/mol. The van der Waals surface area contributed by atoms with Crippen LogP contribution in [0.3, 0.4) is 0 Å². The second kappa shape index (κ2) is 7.70. The molecule has 132 valence electrons. The molecule has 0 spiro atoms. The van der Waals surface area contributed by atoms with Crippen LogP contribution in [0.4, 0.5) is 0 Å². The molecule has 0 saturated heterocycles. The summed E-state index contributed by atoms with van der Waals surface area (Å²) >= 11 is -2.78. The number of benzene rings is 1. The van der Waals surface area contributed by atoms with Crippen molar-refractivity contribution < 1.29 is 13.5 Å². The van der Waals surface area contributed by atoms with Gasteiger partial charge in [-0.2, -0.15) is 0 Å². The number of hydrogen-bond acceptors (Lipinski definition) is 3. The Morgan fingerprint density at radius 3 is 1.78 bits per heavy atom. The van der Waals surface area contributed by atoms with Crippen molar-refractivity contribution in [3.8, 4) is 0 Å². The fourth-order valence-corrected chi connectivity index (χ4v) is 19.2. The molecule has 0 fully saturated rings. The zero-order chi connectivity index (χ0) is 17.9. The molecule has 5 heteroatoms. The van der Waals surface area contributed by atoms with Gasteiger partial charge in [-0.05, 0) is 0 Å². The molecule has 1 N–H and O–H groups in total. The average Bonchev–Trinajstić information content (AvgIpc) is 2.56. The fraction of sp³-hybridized carbons (Fsp3) is 0.667. The van der Waals surface area contributed by atoms with Crippen molar-refractivity contribution in [2.24, 2.45) is 5.92 Å². The molecule has 0 aliphatic heterocycles. The number of hydrogen-bond donors (Lipinski definition) is 1. The van der Waals surface area contributed by atoms with E-state index in [4.69, 9.17) is 0 Å². The standard InChI is InChI=1S/C18H32GeO3S/c1-7-19(8-2,9-3)18(20,15(4)5)16(6)23(21,22)17-13-11-10-12-14-17/h10-16,20H,7-9H2,1-6H3. The van der Waals surface area contributed by atoms with Gasteiger partial charge in [0.15, 0.2) is 0 Å². The van der Waals surface area contributed by atoms with Crippen LogP contribution in [0.1, 0.15) is 41.5 Å². The Balaban J connectivity index is 3.52. The summed E-state index contributed by atoms with van der Waals surface area (Å²) < 4.78 is 25.2. The second-order valence-electron chi connectivity index (χ2n) is 6.82. The van der Waals surface area contributed by atoms with E-state index in [1.165, 1.54) is 0 Å². The first-order valence-corrected chi connectivity index (χ1v) is 15.7. The van der Waals surface area contributed by atoms with Crippen LogP contribution in [0.25, 0.3) is 0 Å². The molecular formula is C18H32GeO3S. The van der Waals surface area contributed by atoms with E-state index in [1.807, 2.05) is 19.9 Å². The van der Waals surface area contributed by atoms with Gasteiger partial charge in [0, 0.05) is 0 Å². The Hall–Kier alpha value is -0.327. The van der Waals surface area contributed by atoms with E-state index in [2.05, 4.69) is 20.8 Å². The Bertz CT molecular complexity index is 586. The van der Waals surface area contributed by atoms with Crippen LogP contribution in [0.5, 0.6) is 0 Å². The van der Waals surface area contributed by atoms with E-state index in [0.29, 0.717) is 4.90 Å². The van der Waals surface area contributed by atoms with Gasteiger partial charge in [-0.1, -0.05) is 0 Å². The van der Waals surface area contributed by atoms with Crippen LogP contribution >= 0.6 is 0 Å². The van der Waals surface area contributed by atoms with Gasteiger partial charge in [-0.3, -0.25) is 0 Å². The van der Waals surface area contributed by atoms with Crippen LogP contribution in [-0.4, -0.2) is 36.5 Å². The maximum absolute atomic E-state index is 13.1. The number of rotatable bonds is 8. The van der Waals surface area contributed by atoms with Crippen LogP contribution in [0.2, 0.25) is 15.8 Å². The molecule has 2 atom stereocenters. The summed E-state index contributed by atoms with van der Waals surface area (Å²) in [6.45, 7) is 12.0. The average molecular weight is 401 g/mol. The molecule has 0 radical (unpaired) electrons. The molecule has 23 heavy (non-hydrogen) atoms. The van der Waals surface area contributed by atoms with Gasteiger partial charge in [0.25, 0.3) is 0 Å². The molecular weight excluding hydrogens is 369 g/mol. The molecule has 0 heterocycles. The summed E-state index contributed by atoms with van der Waals surface area (Å²) in [7, 11) is -3.56. The van der Waals surface area contributed by atoms with E-state index in [1.54, 1.807) is 31.2 Å². The first-order chi connectivity index (χ1) is 10.6. The van der Waals surface area contributed by atoms with Crippen molar-refractivity contribution in [2.45, 2.75) is 71.9 Å². The summed E-state index contributed by atoms with van der Waals surface area (Å²) in [6.07, 6.45) is 0. The van der Waals surface area contributed by atoms with Crippen LogP contribution in [-0.2, 0) is 9.84 Å². The minimum atomic E-state index is -3.56. The fourth-order valence-electron chi connectivity index (χ4n) is 4.16. The Labute approximate surface area is 144 Å². The van der Waals surface area contributed by atoms with Crippen molar-refractivity contribution >= 4 is 23.1 Å². The van der Waals surface area contributed by atoms with Gasteiger partial charge < -0.3 is 0 Å². The van der Waals surface area contributed by atoms with Gasteiger partial charge in [-0.25, -0.2) is 0 Å². The molecule has 0 aliphatic carbocycles. The third-order valence-corrected chi connectivity index (χ3v) is 22.8. The molecule has 1 aromatic carbocycles. The maximum atomic E-state index is 13.1. The summed E-state index contributed by atoms with van der Waals surface area (Å²) in [5.74, 6) is -0.0733. The predicted molar refractivity (Wildman–Crippen MR) is 100 cm³/mol. The molecule has 1 aromatic rings. The summed E-state index contributed by atoms with van der Waals surface area (Å²) in [5.41, 5.74) is 0. The van der Waals surface area contributed by atoms with E-state index in [9.17, 15) is 13.5 Å². The topological polar surface area (TPSA) is 54.4 Å². The van der Waals surface area contributed by atoms with E-state index in [-0.39, 0.29) is 5.92 Å². The van der Waals surface area contributed by atoms with Gasteiger partial charge in [0.05, 0.1) is 0 Å². The normalized spacial score (nSPS) is 17.0. The molecule has 0 aromatic heterocycles. The van der Waals surface area contributed by atoms with E-state index in [0.717, 1.165) is 15.8 Å². The van der Waals surface area contributed by atoms with Crippen LogP contribution in [0.15, 0.2) is 35.2 Å². The molecule has 0 aliphatic rings. The van der Waals surface area contributed by atoms with Crippen molar-refractivity contribution in [3.63, 3.8) is 0 Å². The van der Waals surface area contributed by atoms with Gasteiger partial charge in [0.2, 0.25) is 0 Å². The molecule has 3 nitrogen and oxygen atoms in total. The van der Waals surface area contributed by atoms with Gasteiger partial charge >= 0.3 is 145 Å². The third kappa shape index (κ3) is 3.40. The Morgan fingerprint density at radius 1 is 1.00 bits per heavy atom. The van der Waals surface area contributed by atoms with Crippen molar-refractivity contribution in [3.05, 3.63) is 30.3 Å². The third-order valence-electron chi connectivity index (χ3n) is 5.92. The van der Waals surface area contributed by atoms with Gasteiger partial charge in [0.1, 0.15) is 0 Å². The van der Waals surface area contributed by atoms with Crippen LogP contribution < -0.4 is 0 Å². The summed E-state index contributed by atoms with van der Waals surface area (Å²) in [6, 6.07) is 8.55. The van der Waals surface area contributed by atoms with Crippen LogP contribution in [0, 0.1) is 5.92 Å². The van der Waals surface area contributed by atoms with Gasteiger partial charge in [-0.15, -0.1) is 0 Å². The van der Waals surface area contributed by atoms with E-state index < -0.39 is 32.8 Å². The zero-order valence-corrected chi connectivity index (χ0v) is 18.2. The SMILES string of the molecule is C[CH2][Ge]([CH2]C)([CH2]C)[C](O)(C(C)C)C(C)S(=O)(=O)c1ccccc1. The molecule has 0 bridgehead atoms. The van der Waals surface area contributed by atoms with E-state index >= 15 is 0 Å². The van der Waals surface area contributed by atoms with Crippen molar-refractivity contribution in [1.29, 1.82) is 0 Å². The molecule has 1 rings (SSSR count). The summed E-state index contributed by atoms with van der Waals surface area (Å²) in [4.78, 5) is 0.311. The first kappa shape index (κ1) is 20.7. The summed E-state index contributed by atoms with van der Waals surface area (Å²) in [5, 5.41) is 13.8. The Morgan fingerprint density at radius 2 is 1.43 bits per heavy atom. The second-order valence-corrected chi connectivity index (χ2v) is 20.6. The Kier molecular flexibility index (Phi) is 6.94. The number of sulfone groups is 1. The minimum absolute atomic E-state index is 0.0733.